The molecule has 2 aromatic rings. The Morgan fingerprint density at radius 2 is 1.89 bits per heavy atom. The molecule has 0 bridgehead atoms. The fraction of sp³-hybridized carbons (Fsp3) is 0.250. The third-order valence-corrected chi connectivity index (χ3v) is 3.95. The highest BCUT2D eigenvalue weighted by Gasteiger charge is 2.40. The van der Waals surface area contributed by atoms with Gasteiger partial charge in [-0.25, -0.2) is 8.78 Å². The van der Waals surface area contributed by atoms with E-state index in [4.69, 9.17) is 0 Å². The molecule has 0 radical (unpaired) electrons. The maximum Gasteiger partial charge on any atom is 0.126 e. The highest BCUT2D eigenvalue weighted by Crippen LogP contribution is 2.43. The molecule has 1 unspecified atom stereocenters. The van der Waals surface area contributed by atoms with Crippen molar-refractivity contribution < 1.29 is 13.9 Å². The number of hydrogen-bond donors (Lipinski definition) is 1. The Hall–Kier alpha value is -1.74. The zero-order chi connectivity index (χ0) is 13.6. The van der Waals surface area contributed by atoms with Crippen molar-refractivity contribution in [2.45, 2.75) is 25.4 Å². The minimum Gasteiger partial charge on any atom is -0.380 e. The van der Waals surface area contributed by atoms with Crippen LogP contribution in [0.3, 0.4) is 0 Å². The third-order valence-electron chi connectivity index (χ3n) is 3.95. The summed E-state index contributed by atoms with van der Waals surface area (Å²) in [5, 5.41) is 10.9. The van der Waals surface area contributed by atoms with E-state index in [9.17, 15) is 13.9 Å². The van der Waals surface area contributed by atoms with E-state index < -0.39 is 5.60 Å². The molecule has 1 nitrogen and oxygen atoms in total. The highest BCUT2D eigenvalue weighted by molar-refractivity contribution is 5.48. The van der Waals surface area contributed by atoms with Crippen LogP contribution in [0.4, 0.5) is 8.78 Å². The van der Waals surface area contributed by atoms with Gasteiger partial charge in [0.15, 0.2) is 0 Å². The van der Waals surface area contributed by atoms with Crippen LogP contribution in [-0.4, -0.2) is 5.11 Å². The van der Waals surface area contributed by atoms with E-state index in [1.807, 2.05) is 6.92 Å². The van der Waals surface area contributed by atoms with Gasteiger partial charge in [-0.15, -0.1) is 0 Å². The molecule has 0 saturated heterocycles. The predicted octanol–water partition coefficient (Wildman–Crippen LogP) is 3.46. The van der Waals surface area contributed by atoms with Crippen molar-refractivity contribution in [2.75, 3.05) is 0 Å². The average molecular weight is 260 g/mol. The second-order valence-electron chi connectivity index (χ2n) is 5.09. The molecule has 0 heterocycles. The average Bonchev–Trinajstić information content (AvgIpc) is 2.73. The second-order valence-corrected chi connectivity index (χ2v) is 5.09. The van der Waals surface area contributed by atoms with Crippen LogP contribution in [0, 0.1) is 18.6 Å². The van der Waals surface area contributed by atoms with Crippen molar-refractivity contribution in [1.29, 1.82) is 0 Å². The van der Waals surface area contributed by atoms with Crippen LogP contribution in [0.1, 0.15) is 28.7 Å². The molecule has 0 aliphatic heterocycles. The monoisotopic (exact) mass is 260 g/mol. The van der Waals surface area contributed by atoms with Crippen molar-refractivity contribution in [3.63, 3.8) is 0 Å². The number of benzene rings is 2. The van der Waals surface area contributed by atoms with Crippen LogP contribution in [0.15, 0.2) is 36.4 Å². The lowest BCUT2D eigenvalue weighted by Crippen LogP contribution is -2.25. The number of aryl methyl sites for hydroxylation is 1. The van der Waals surface area contributed by atoms with Crippen LogP contribution < -0.4 is 0 Å². The standard InChI is InChI=1S/C16H14F2O/c1-10-5-6-11(17)9-14(10)16(19)8-7-12-13(16)3-2-4-15(12)18/h2-6,9,19H,7-8H2,1H3. The van der Waals surface area contributed by atoms with Crippen LogP contribution in [-0.2, 0) is 12.0 Å². The van der Waals surface area contributed by atoms with E-state index in [0.29, 0.717) is 29.5 Å². The van der Waals surface area contributed by atoms with Gasteiger partial charge in [0.05, 0.1) is 0 Å². The van der Waals surface area contributed by atoms with Crippen molar-refractivity contribution in [2.24, 2.45) is 0 Å². The maximum absolute atomic E-state index is 13.7. The summed E-state index contributed by atoms with van der Waals surface area (Å²) in [4.78, 5) is 0. The topological polar surface area (TPSA) is 20.2 Å². The van der Waals surface area contributed by atoms with Crippen LogP contribution in [0.25, 0.3) is 0 Å². The van der Waals surface area contributed by atoms with Crippen molar-refractivity contribution in [3.8, 4) is 0 Å². The van der Waals surface area contributed by atoms with Gasteiger partial charge < -0.3 is 5.11 Å². The van der Waals surface area contributed by atoms with E-state index in [2.05, 4.69) is 0 Å². The highest BCUT2D eigenvalue weighted by atomic mass is 19.1. The first-order valence-corrected chi connectivity index (χ1v) is 6.29. The quantitative estimate of drug-likeness (QED) is 0.832. The van der Waals surface area contributed by atoms with E-state index in [1.165, 1.54) is 18.2 Å². The van der Waals surface area contributed by atoms with Crippen molar-refractivity contribution >= 4 is 0 Å². The molecule has 19 heavy (non-hydrogen) atoms. The summed E-state index contributed by atoms with van der Waals surface area (Å²) in [5.74, 6) is -0.693. The summed E-state index contributed by atoms with van der Waals surface area (Å²) < 4.78 is 27.2. The van der Waals surface area contributed by atoms with Crippen molar-refractivity contribution in [3.05, 3.63) is 70.3 Å². The number of fused-ring (bicyclic) bond motifs is 1. The van der Waals surface area contributed by atoms with Gasteiger partial charge in [0, 0.05) is 0 Å². The Morgan fingerprint density at radius 3 is 2.68 bits per heavy atom. The molecule has 2 aromatic carbocycles. The van der Waals surface area contributed by atoms with E-state index >= 15 is 0 Å². The first kappa shape index (κ1) is 12.3. The molecule has 0 aromatic heterocycles. The molecular formula is C16H14F2O. The molecule has 0 spiro atoms. The molecule has 0 amide bonds. The van der Waals surface area contributed by atoms with Crippen LogP contribution >= 0.6 is 0 Å². The first-order valence-electron chi connectivity index (χ1n) is 6.29. The lowest BCUT2D eigenvalue weighted by molar-refractivity contribution is 0.0819. The Bertz CT molecular complexity index is 651. The molecule has 1 N–H and O–H groups in total. The molecule has 3 heteroatoms. The van der Waals surface area contributed by atoms with Gasteiger partial charge in [0.25, 0.3) is 0 Å². The Labute approximate surface area is 110 Å². The summed E-state index contributed by atoms with van der Waals surface area (Å²) >= 11 is 0. The SMILES string of the molecule is Cc1ccc(F)cc1C1(O)CCc2c(F)cccc21. The van der Waals surface area contributed by atoms with Crippen molar-refractivity contribution in [1.82, 2.24) is 0 Å². The lowest BCUT2D eigenvalue weighted by Gasteiger charge is -2.26. The van der Waals surface area contributed by atoms with Crippen LogP contribution in [0.5, 0.6) is 0 Å². The van der Waals surface area contributed by atoms with Gasteiger partial charge in [-0.05, 0) is 60.2 Å². The molecular weight excluding hydrogens is 246 g/mol. The van der Waals surface area contributed by atoms with Gasteiger partial charge in [-0.1, -0.05) is 18.2 Å². The van der Waals surface area contributed by atoms with E-state index in [0.717, 1.165) is 5.56 Å². The number of hydrogen-bond acceptors (Lipinski definition) is 1. The van der Waals surface area contributed by atoms with Gasteiger partial charge in [-0.3, -0.25) is 0 Å². The first-order chi connectivity index (χ1) is 9.02. The molecule has 0 saturated carbocycles. The van der Waals surface area contributed by atoms with Gasteiger partial charge in [0.1, 0.15) is 17.2 Å². The fourth-order valence-corrected chi connectivity index (χ4v) is 2.96. The maximum atomic E-state index is 13.7. The van der Waals surface area contributed by atoms with E-state index in [-0.39, 0.29) is 11.6 Å². The minimum absolute atomic E-state index is 0.303. The third kappa shape index (κ3) is 1.77. The smallest absolute Gasteiger partial charge is 0.126 e. The number of halogens is 2. The van der Waals surface area contributed by atoms with Gasteiger partial charge in [0.2, 0.25) is 0 Å². The number of rotatable bonds is 1. The Balaban J connectivity index is 2.22. The zero-order valence-corrected chi connectivity index (χ0v) is 10.6. The molecule has 1 aliphatic rings. The zero-order valence-electron chi connectivity index (χ0n) is 10.6. The van der Waals surface area contributed by atoms with Gasteiger partial charge in [-0.2, -0.15) is 0 Å². The molecule has 0 fully saturated rings. The van der Waals surface area contributed by atoms with Gasteiger partial charge >= 0.3 is 0 Å². The summed E-state index contributed by atoms with van der Waals surface area (Å²) in [7, 11) is 0. The number of aliphatic hydroxyl groups is 1. The fourth-order valence-electron chi connectivity index (χ4n) is 2.96. The molecule has 1 aliphatic carbocycles. The summed E-state index contributed by atoms with van der Waals surface area (Å²) in [6.45, 7) is 1.82. The summed E-state index contributed by atoms with van der Waals surface area (Å²) in [6, 6.07) is 9.04. The summed E-state index contributed by atoms with van der Waals surface area (Å²) in [6.07, 6.45) is 0.849. The second kappa shape index (κ2) is 4.14. The molecule has 3 rings (SSSR count). The van der Waals surface area contributed by atoms with E-state index in [1.54, 1.807) is 18.2 Å². The normalized spacial score (nSPS) is 21.5. The predicted molar refractivity (Wildman–Crippen MR) is 68.9 cm³/mol. The molecule has 98 valence electrons. The minimum atomic E-state index is -1.29. The Kier molecular flexibility index (Phi) is 2.68. The summed E-state index contributed by atoms with van der Waals surface area (Å²) in [5.41, 5.74) is 1.14. The van der Waals surface area contributed by atoms with Crippen LogP contribution in [0.2, 0.25) is 0 Å². The largest absolute Gasteiger partial charge is 0.380 e. The Morgan fingerprint density at radius 1 is 1.11 bits per heavy atom. The molecule has 1 atom stereocenters. The lowest BCUT2D eigenvalue weighted by atomic mass is 9.85.